The highest BCUT2D eigenvalue weighted by atomic mass is 35.5. The molecule has 2 amide bonds. The molecule has 8 heteroatoms. The number of hydrogen-bond acceptors (Lipinski definition) is 3. The summed E-state index contributed by atoms with van der Waals surface area (Å²) < 4.78 is 0. The quantitative estimate of drug-likeness (QED) is 0.485. The predicted octanol–water partition coefficient (Wildman–Crippen LogP) is 5.82. The summed E-state index contributed by atoms with van der Waals surface area (Å²) in [6, 6.07) is 12.0. The Morgan fingerprint density at radius 1 is 1.00 bits per heavy atom. The predicted molar refractivity (Wildman–Crippen MR) is 127 cm³/mol. The maximum Gasteiger partial charge on any atom is 0.242 e. The molecule has 0 heterocycles. The second kappa shape index (κ2) is 11.8. The maximum atomic E-state index is 13.0. The Kier molecular flexibility index (Phi) is 9.82. The van der Waals surface area contributed by atoms with Crippen LogP contribution in [0.1, 0.15) is 31.9 Å². The van der Waals surface area contributed by atoms with E-state index in [1.165, 1.54) is 11.8 Å². The van der Waals surface area contributed by atoms with Crippen LogP contribution in [0.15, 0.2) is 42.5 Å². The molecule has 1 N–H and O–H groups in total. The molecule has 30 heavy (non-hydrogen) atoms. The molecule has 2 aromatic rings. The molecule has 0 unspecified atom stereocenters. The van der Waals surface area contributed by atoms with Crippen LogP contribution in [0.2, 0.25) is 15.1 Å². The van der Waals surface area contributed by atoms with Crippen molar-refractivity contribution in [2.75, 3.05) is 5.75 Å². The maximum absolute atomic E-state index is 13.0. The van der Waals surface area contributed by atoms with Gasteiger partial charge in [0.2, 0.25) is 11.8 Å². The Hall–Kier alpha value is -1.40. The molecule has 0 aliphatic rings. The number of amides is 2. The molecule has 0 radical (unpaired) electrons. The molecule has 0 saturated carbocycles. The number of benzene rings is 2. The molecule has 1 atom stereocenters. The lowest BCUT2D eigenvalue weighted by atomic mass is 10.1. The third kappa shape index (κ3) is 7.69. The lowest BCUT2D eigenvalue weighted by Crippen LogP contribution is -2.49. The largest absolute Gasteiger partial charge is 0.352 e. The summed E-state index contributed by atoms with van der Waals surface area (Å²) in [4.78, 5) is 27.2. The van der Waals surface area contributed by atoms with Crippen molar-refractivity contribution < 1.29 is 9.59 Å². The van der Waals surface area contributed by atoms with Crippen molar-refractivity contribution in [3.05, 3.63) is 68.7 Å². The van der Waals surface area contributed by atoms with Crippen molar-refractivity contribution in [3.8, 4) is 0 Å². The Labute approximate surface area is 197 Å². The fraction of sp³-hybridized carbons (Fsp3) is 0.364. The van der Waals surface area contributed by atoms with Gasteiger partial charge in [0, 0.05) is 33.4 Å². The Morgan fingerprint density at radius 3 is 2.23 bits per heavy atom. The molecule has 0 saturated heterocycles. The number of hydrogen-bond donors (Lipinski definition) is 1. The van der Waals surface area contributed by atoms with E-state index in [-0.39, 0.29) is 30.2 Å². The highest BCUT2D eigenvalue weighted by Gasteiger charge is 2.27. The highest BCUT2D eigenvalue weighted by molar-refractivity contribution is 7.99. The van der Waals surface area contributed by atoms with E-state index in [0.717, 1.165) is 11.1 Å². The van der Waals surface area contributed by atoms with E-state index < -0.39 is 6.04 Å². The van der Waals surface area contributed by atoms with E-state index in [9.17, 15) is 9.59 Å². The number of nitrogens with zero attached hydrogens (tertiary/aromatic N) is 1. The van der Waals surface area contributed by atoms with Gasteiger partial charge in [0.25, 0.3) is 0 Å². The summed E-state index contributed by atoms with van der Waals surface area (Å²) in [6.07, 6.45) is 0. The zero-order valence-electron chi connectivity index (χ0n) is 17.1. The van der Waals surface area contributed by atoms with Crippen LogP contribution in [0.5, 0.6) is 0 Å². The van der Waals surface area contributed by atoms with Crippen molar-refractivity contribution in [2.45, 2.75) is 45.2 Å². The van der Waals surface area contributed by atoms with Gasteiger partial charge in [-0.25, -0.2) is 0 Å². The van der Waals surface area contributed by atoms with Crippen molar-refractivity contribution >= 4 is 58.4 Å². The molecular weight excluding hydrogens is 463 g/mol. The third-order valence-electron chi connectivity index (χ3n) is 4.36. The van der Waals surface area contributed by atoms with Crippen LogP contribution in [-0.2, 0) is 21.9 Å². The number of rotatable bonds is 9. The van der Waals surface area contributed by atoms with Gasteiger partial charge in [0.1, 0.15) is 6.04 Å². The molecule has 0 aliphatic carbocycles. The Bertz CT molecular complexity index is 875. The van der Waals surface area contributed by atoms with E-state index in [4.69, 9.17) is 34.8 Å². The monoisotopic (exact) mass is 486 g/mol. The number of carbonyl (C=O) groups is 2. The van der Waals surface area contributed by atoms with Crippen LogP contribution in [0.4, 0.5) is 0 Å². The van der Waals surface area contributed by atoms with Gasteiger partial charge in [-0.3, -0.25) is 9.59 Å². The van der Waals surface area contributed by atoms with Gasteiger partial charge >= 0.3 is 0 Å². The summed E-state index contributed by atoms with van der Waals surface area (Å²) in [7, 11) is 0. The fourth-order valence-corrected chi connectivity index (χ4v) is 4.21. The van der Waals surface area contributed by atoms with Crippen molar-refractivity contribution in [1.82, 2.24) is 10.2 Å². The molecule has 0 fully saturated rings. The van der Waals surface area contributed by atoms with Gasteiger partial charge in [-0.2, -0.15) is 0 Å². The lowest BCUT2D eigenvalue weighted by Gasteiger charge is -2.29. The molecule has 0 bridgehead atoms. The van der Waals surface area contributed by atoms with Gasteiger partial charge in [-0.1, -0.05) is 53.0 Å². The van der Waals surface area contributed by atoms with Crippen LogP contribution < -0.4 is 5.32 Å². The number of nitrogens with one attached hydrogen (secondary N) is 1. The molecular formula is C22H25Cl3N2O2S. The van der Waals surface area contributed by atoms with Crippen LogP contribution in [-0.4, -0.2) is 34.6 Å². The van der Waals surface area contributed by atoms with Crippen molar-refractivity contribution in [1.29, 1.82) is 0 Å². The first kappa shape index (κ1) is 24.9. The van der Waals surface area contributed by atoms with Gasteiger partial charge in [-0.15, -0.1) is 11.8 Å². The summed E-state index contributed by atoms with van der Waals surface area (Å²) in [5.41, 5.74) is 1.82. The van der Waals surface area contributed by atoms with Gasteiger partial charge in [0.15, 0.2) is 0 Å². The number of thioether (sulfide) groups is 1. The summed E-state index contributed by atoms with van der Waals surface area (Å²) >= 11 is 19.7. The van der Waals surface area contributed by atoms with E-state index >= 15 is 0 Å². The fourth-order valence-electron chi connectivity index (χ4n) is 2.74. The first-order valence-corrected chi connectivity index (χ1v) is 11.8. The van der Waals surface area contributed by atoms with Gasteiger partial charge in [0.05, 0.1) is 5.75 Å². The molecule has 162 valence electrons. The second-order valence-corrected chi connectivity index (χ2v) is 9.48. The second-order valence-electron chi connectivity index (χ2n) is 7.22. The minimum Gasteiger partial charge on any atom is -0.352 e. The van der Waals surface area contributed by atoms with Gasteiger partial charge < -0.3 is 10.2 Å². The van der Waals surface area contributed by atoms with Gasteiger partial charge in [-0.05, 0) is 56.2 Å². The topological polar surface area (TPSA) is 49.4 Å². The molecule has 0 aliphatic heterocycles. The van der Waals surface area contributed by atoms with Crippen LogP contribution in [0, 0.1) is 0 Å². The summed E-state index contributed by atoms with van der Waals surface area (Å²) in [5.74, 6) is 0.579. The van der Waals surface area contributed by atoms with Crippen molar-refractivity contribution in [3.63, 3.8) is 0 Å². The third-order valence-corrected chi connectivity index (χ3v) is 6.19. The standard InChI is InChI=1S/C22H25Cl3N2O2S/c1-14(2)26-22(29)15(3)27(11-17-6-9-19(24)10-20(17)25)21(28)13-30-12-16-4-7-18(23)8-5-16/h4-10,14-15H,11-13H2,1-3H3,(H,26,29)/t15-/m1/s1. The molecule has 2 aromatic carbocycles. The van der Waals surface area contributed by atoms with E-state index in [0.29, 0.717) is 20.8 Å². The van der Waals surface area contributed by atoms with Crippen LogP contribution in [0.25, 0.3) is 0 Å². The lowest BCUT2D eigenvalue weighted by molar-refractivity contribution is -0.138. The van der Waals surface area contributed by atoms with E-state index in [2.05, 4.69) is 5.32 Å². The Balaban J connectivity index is 2.11. The van der Waals surface area contributed by atoms with Crippen molar-refractivity contribution in [2.24, 2.45) is 0 Å². The number of carbonyl (C=O) groups excluding carboxylic acids is 2. The molecule has 0 aromatic heterocycles. The van der Waals surface area contributed by atoms with Crippen LogP contribution >= 0.6 is 46.6 Å². The van der Waals surface area contributed by atoms with E-state index in [1.54, 1.807) is 30.0 Å². The van der Waals surface area contributed by atoms with E-state index in [1.807, 2.05) is 38.1 Å². The average Bonchev–Trinajstić information content (AvgIpc) is 2.67. The molecule has 4 nitrogen and oxygen atoms in total. The number of halogens is 3. The SMILES string of the molecule is CC(C)NC(=O)[C@@H](C)N(Cc1ccc(Cl)cc1Cl)C(=O)CSCc1ccc(Cl)cc1. The first-order valence-electron chi connectivity index (χ1n) is 9.53. The molecule has 2 rings (SSSR count). The normalized spacial score (nSPS) is 12.0. The summed E-state index contributed by atoms with van der Waals surface area (Å²) in [5, 5.41) is 4.53. The smallest absolute Gasteiger partial charge is 0.242 e. The average molecular weight is 488 g/mol. The molecule has 0 spiro atoms. The zero-order chi connectivity index (χ0) is 22.3. The zero-order valence-corrected chi connectivity index (χ0v) is 20.2. The first-order chi connectivity index (χ1) is 14.2. The van der Waals surface area contributed by atoms with Crippen LogP contribution in [0.3, 0.4) is 0 Å². The summed E-state index contributed by atoms with van der Waals surface area (Å²) in [6.45, 7) is 5.72. The highest BCUT2D eigenvalue weighted by Crippen LogP contribution is 2.24. The Morgan fingerprint density at radius 2 is 1.63 bits per heavy atom. The minimum absolute atomic E-state index is 0.0182. The minimum atomic E-state index is -0.636.